The van der Waals surface area contributed by atoms with Gasteiger partial charge in [-0.2, -0.15) is 5.26 Å². The first-order chi connectivity index (χ1) is 16.0. The maximum atomic E-state index is 13.4. The Kier molecular flexibility index (Phi) is 6.41. The van der Waals surface area contributed by atoms with Gasteiger partial charge in [0.15, 0.2) is 0 Å². The summed E-state index contributed by atoms with van der Waals surface area (Å²) in [7, 11) is 0. The molecule has 0 spiro atoms. The number of nitrogens with zero attached hydrogens (tertiary/aromatic N) is 2. The molecule has 3 aromatic carbocycles. The smallest absolute Gasteiger partial charge is 0.303 e. The van der Waals surface area contributed by atoms with E-state index in [1.807, 2.05) is 55.5 Å². The van der Waals surface area contributed by atoms with Gasteiger partial charge < -0.3 is 14.7 Å². The standard InChI is InChI=1S/C27H24N2O4/c1-18-23(11-13-26(30)31)24-15-22(33-17-19-6-3-2-4-7-19)10-12-25(24)29(18)27(32)21-9-5-8-20(14-21)16-28/h2-10,12,14-15,18,23H,11,13,17H2,1H3,(H,30,31)/t18-,23+/m0/s1. The van der Waals surface area contributed by atoms with Gasteiger partial charge in [0, 0.05) is 29.6 Å². The van der Waals surface area contributed by atoms with Crippen LogP contribution in [0, 0.1) is 11.3 Å². The molecular weight excluding hydrogens is 416 g/mol. The molecule has 0 fully saturated rings. The molecule has 0 saturated heterocycles. The Morgan fingerprint density at radius 3 is 2.58 bits per heavy atom. The molecule has 1 N–H and O–H groups in total. The van der Waals surface area contributed by atoms with Crippen LogP contribution in [0.25, 0.3) is 0 Å². The quantitative estimate of drug-likeness (QED) is 0.550. The van der Waals surface area contributed by atoms with E-state index in [2.05, 4.69) is 6.07 Å². The fourth-order valence-corrected chi connectivity index (χ4v) is 4.37. The third-order valence-electron chi connectivity index (χ3n) is 6.02. The topological polar surface area (TPSA) is 90.6 Å². The zero-order chi connectivity index (χ0) is 23.4. The third-order valence-corrected chi connectivity index (χ3v) is 6.02. The Balaban J connectivity index is 1.65. The number of anilines is 1. The summed E-state index contributed by atoms with van der Waals surface area (Å²) < 4.78 is 5.98. The zero-order valence-corrected chi connectivity index (χ0v) is 18.3. The van der Waals surface area contributed by atoms with Gasteiger partial charge in [-0.25, -0.2) is 0 Å². The Hall–Kier alpha value is -4.11. The molecule has 1 heterocycles. The van der Waals surface area contributed by atoms with Crippen molar-refractivity contribution < 1.29 is 19.4 Å². The van der Waals surface area contributed by atoms with E-state index in [9.17, 15) is 20.0 Å². The number of amides is 1. The highest BCUT2D eigenvalue weighted by Gasteiger charge is 2.39. The van der Waals surface area contributed by atoms with E-state index in [4.69, 9.17) is 4.74 Å². The van der Waals surface area contributed by atoms with Gasteiger partial charge >= 0.3 is 5.97 Å². The minimum absolute atomic E-state index is 0.00942. The van der Waals surface area contributed by atoms with E-state index < -0.39 is 5.97 Å². The molecule has 0 radical (unpaired) electrons. The normalized spacial score (nSPS) is 16.7. The number of carboxylic acids is 1. The molecule has 3 aromatic rings. The lowest BCUT2D eigenvalue weighted by atomic mass is 9.91. The first-order valence-corrected chi connectivity index (χ1v) is 10.8. The largest absolute Gasteiger partial charge is 0.489 e. The minimum atomic E-state index is -0.869. The van der Waals surface area contributed by atoms with Crippen LogP contribution >= 0.6 is 0 Å². The molecule has 166 valence electrons. The van der Waals surface area contributed by atoms with Crippen LogP contribution in [0.5, 0.6) is 5.75 Å². The molecule has 2 atom stereocenters. The minimum Gasteiger partial charge on any atom is -0.489 e. The Morgan fingerprint density at radius 2 is 1.85 bits per heavy atom. The van der Waals surface area contributed by atoms with Crippen molar-refractivity contribution in [2.45, 2.75) is 38.3 Å². The number of fused-ring (bicyclic) bond motifs is 1. The lowest BCUT2D eigenvalue weighted by Gasteiger charge is -2.25. The maximum absolute atomic E-state index is 13.4. The molecule has 1 aliphatic heterocycles. The number of hydrogen-bond acceptors (Lipinski definition) is 4. The summed E-state index contributed by atoms with van der Waals surface area (Å²) in [5.41, 5.74) is 3.54. The van der Waals surface area contributed by atoms with Crippen LogP contribution in [0.1, 0.15) is 52.7 Å². The summed E-state index contributed by atoms with van der Waals surface area (Å²) >= 11 is 0. The maximum Gasteiger partial charge on any atom is 0.303 e. The van der Waals surface area contributed by atoms with Crippen molar-refractivity contribution in [2.75, 3.05) is 4.90 Å². The van der Waals surface area contributed by atoms with Crippen LogP contribution in [0.3, 0.4) is 0 Å². The molecule has 33 heavy (non-hydrogen) atoms. The van der Waals surface area contributed by atoms with Gasteiger partial charge in [-0.05, 0) is 60.9 Å². The molecule has 0 unspecified atom stereocenters. The molecule has 0 saturated carbocycles. The predicted octanol–water partition coefficient (Wildman–Crippen LogP) is 5.13. The summed E-state index contributed by atoms with van der Waals surface area (Å²) in [5.74, 6) is -0.547. The van der Waals surface area contributed by atoms with E-state index in [0.717, 1.165) is 16.8 Å². The number of carbonyl (C=O) groups is 2. The van der Waals surface area contributed by atoms with Crippen LogP contribution in [-0.2, 0) is 11.4 Å². The average Bonchev–Trinajstić information content (AvgIpc) is 3.11. The fourth-order valence-electron chi connectivity index (χ4n) is 4.37. The second-order valence-electron chi connectivity index (χ2n) is 8.14. The van der Waals surface area contributed by atoms with Crippen molar-refractivity contribution >= 4 is 17.6 Å². The summed E-state index contributed by atoms with van der Waals surface area (Å²) in [4.78, 5) is 26.4. The lowest BCUT2D eigenvalue weighted by Crippen LogP contribution is -2.37. The van der Waals surface area contributed by atoms with Gasteiger partial charge in [0.2, 0.25) is 0 Å². The van der Waals surface area contributed by atoms with Crippen LogP contribution in [0.2, 0.25) is 0 Å². The molecule has 0 aromatic heterocycles. The van der Waals surface area contributed by atoms with E-state index in [0.29, 0.717) is 29.9 Å². The molecule has 6 nitrogen and oxygen atoms in total. The fraction of sp³-hybridized carbons (Fsp3) is 0.222. The van der Waals surface area contributed by atoms with Crippen LogP contribution in [0.15, 0.2) is 72.8 Å². The molecule has 0 aliphatic carbocycles. The van der Waals surface area contributed by atoms with Gasteiger partial charge in [0.1, 0.15) is 12.4 Å². The van der Waals surface area contributed by atoms with Crippen molar-refractivity contribution in [3.05, 3.63) is 95.1 Å². The number of carboxylic acid groups (broad SMARTS) is 1. The Labute approximate surface area is 192 Å². The van der Waals surface area contributed by atoms with Crippen molar-refractivity contribution in [3.63, 3.8) is 0 Å². The predicted molar refractivity (Wildman–Crippen MR) is 124 cm³/mol. The van der Waals surface area contributed by atoms with E-state index in [1.54, 1.807) is 29.2 Å². The number of aliphatic carboxylic acids is 1. The molecular formula is C27H24N2O4. The van der Waals surface area contributed by atoms with E-state index in [-0.39, 0.29) is 24.3 Å². The summed E-state index contributed by atoms with van der Waals surface area (Å²) in [6, 6.07) is 23.9. The SMILES string of the molecule is C[C@H]1[C@@H](CCC(=O)O)c2cc(OCc3ccccc3)ccc2N1C(=O)c1cccc(C#N)c1. The highest BCUT2D eigenvalue weighted by atomic mass is 16.5. The van der Waals surface area contributed by atoms with E-state index >= 15 is 0 Å². The lowest BCUT2D eigenvalue weighted by molar-refractivity contribution is -0.137. The highest BCUT2D eigenvalue weighted by Crippen LogP contribution is 2.45. The molecule has 1 aliphatic rings. The number of benzene rings is 3. The van der Waals surface area contributed by atoms with Crippen LogP contribution in [-0.4, -0.2) is 23.0 Å². The zero-order valence-electron chi connectivity index (χ0n) is 18.3. The van der Waals surface area contributed by atoms with Gasteiger partial charge in [0.25, 0.3) is 5.91 Å². The Morgan fingerprint density at radius 1 is 1.06 bits per heavy atom. The summed E-state index contributed by atoms with van der Waals surface area (Å²) in [6.45, 7) is 2.35. The average molecular weight is 440 g/mol. The van der Waals surface area contributed by atoms with Crippen molar-refractivity contribution in [2.24, 2.45) is 0 Å². The van der Waals surface area contributed by atoms with Crippen molar-refractivity contribution in [3.8, 4) is 11.8 Å². The van der Waals surface area contributed by atoms with Gasteiger partial charge in [-0.15, -0.1) is 0 Å². The van der Waals surface area contributed by atoms with Crippen molar-refractivity contribution in [1.82, 2.24) is 0 Å². The van der Waals surface area contributed by atoms with E-state index in [1.165, 1.54) is 0 Å². The number of ether oxygens (including phenoxy) is 1. The second-order valence-corrected chi connectivity index (χ2v) is 8.14. The molecule has 0 bridgehead atoms. The summed E-state index contributed by atoms with van der Waals surface area (Å²) in [6.07, 6.45) is 0.420. The van der Waals surface area contributed by atoms with Crippen LogP contribution < -0.4 is 9.64 Å². The highest BCUT2D eigenvalue weighted by molar-refractivity contribution is 6.08. The molecule has 1 amide bonds. The van der Waals surface area contributed by atoms with Gasteiger partial charge in [0.05, 0.1) is 11.6 Å². The van der Waals surface area contributed by atoms with Gasteiger partial charge in [-0.1, -0.05) is 36.4 Å². The van der Waals surface area contributed by atoms with Crippen LogP contribution in [0.4, 0.5) is 5.69 Å². The second kappa shape index (κ2) is 9.58. The Bertz CT molecular complexity index is 1220. The number of nitriles is 1. The summed E-state index contributed by atoms with van der Waals surface area (Å²) in [5, 5.41) is 18.4. The molecule has 6 heteroatoms. The monoisotopic (exact) mass is 440 g/mol. The number of carbonyl (C=O) groups excluding carboxylic acids is 1. The van der Waals surface area contributed by atoms with Crippen molar-refractivity contribution in [1.29, 1.82) is 5.26 Å². The number of hydrogen-bond donors (Lipinski definition) is 1. The third kappa shape index (κ3) is 4.73. The first-order valence-electron chi connectivity index (χ1n) is 10.8. The number of rotatable bonds is 7. The molecule has 4 rings (SSSR count). The van der Waals surface area contributed by atoms with Gasteiger partial charge in [-0.3, -0.25) is 9.59 Å². The first kappa shape index (κ1) is 22.1.